The Morgan fingerprint density at radius 2 is 1.23 bits per heavy atom. The average Bonchev–Trinajstić information content (AvgIpc) is 2.60. The van der Waals surface area contributed by atoms with Crippen LogP contribution in [0.2, 0.25) is 6.04 Å². The summed E-state index contributed by atoms with van der Waals surface area (Å²) in [6, 6.07) is -0.191. The molecule has 0 bridgehead atoms. The number of rotatable bonds is 12. The molecule has 0 spiro atoms. The fraction of sp³-hybridized carbons (Fsp3) is 1.00. The summed E-state index contributed by atoms with van der Waals surface area (Å²) in [4.78, 5) is 0. The molecule has 0 aromatic rings. The largest absolute Gasteiger partial charge is 0.500 e. The van der Waals surface area contributed by atoms with Crippen LogP contribution in [0.25, 0.3) is 0 Å². The number of sulfonamides is 1. The highest BCUT2D eigenvalue weighted by Gasteiger charge is 2.85. The van der Waals surface area contributed by atoms with Gasteiger partial charge in [-0.25, -0.2) is 8.42 Å². The van der Waals surface area contributed by atoms with Crippen LogP contribution < -0.4 is 0 Å². The van der Waals surface area contributed by atoms with Gasteiger partial charge in [0, 0.05) is 40.5 Å². The molecule has 184 valence electrons. The van der Waals surface area contributed by atoms with Crippen LogP contribution in [-0.4, -0.2) is 79.2 Å². The Balaban J connectivity index is 0. The molecule has 0 N–H and O–H groups in total. The summed E-state index contributed by atoms with van der Waals surface area (Å²) in [5, 5.41) is -6.76. The molecule has 0 aliphatic heterocycles. The second-order valence-electron chi connectivity index (χ2n) is 5.56. The lowest BCUT2D eigenvalue weighted by Gasteiger charge is -2.35. The van der Waals surface area contributed by atoms with E-state index in [1.807, 2.05) is 0 Å². The summed E-state index contributed by atoms with van der Waals surface area (Å²) in [7, 11) is -6.44. The van der Waals surface area contributed by atoms with E-state index < -0.39 is 55.2 Å². The van der Waals surface area contributed by atoms with Gasteiger partial charge in [-0.15, -0.1) is 0 Å². The molecule has 0 rings (SSSR count). The second-order valence-corrected chi connectivity index (χ2v) is 10.6. The van der Waals surface area contributed by atoms with Crippen molar-refractivity contribution < 1.29 is 65.9 Å². The van der Waals surface area contributed by atoms with Gasteiger partial charge in [0.05, 0.1) is 0 Å². The van der Waals surface area contributed by atoms with E-state index in [-0.39, 0.29) is 21.5 Å². The lowest BCUT2D eigenvalue weighted by molar-refractivity contribution is -0.382. The van der Waals surface area contributed by atoms with E-state index >= 15 is 0 Å². The Morgan fingerprint density at radius 3 is 1.53 bits per heavy atom. The zero-order valence-electron chi connectivity index (χ0n) is 16.0. The Hall–Kier alpha value is -0.693. The molecule has 0 aromatic carbocycles. The molecule has 0 atom stereocenters. The van der Waals surface area contributed by atoms with E-state index in [2.05, 4.69) is 0 Å². The van der Waals surface area contributed by atoms with Gasteiger partial charge in [-0.2, -0.15) is 43.8 Å². The van der Waals surface area contributed by atoms with Crippen LogP contribution in [-0.2, 0) is 23.3 Å². The zero-order valence-corrected chi connectivity index (χ0v) is 17.9. The number of alkyl halides is 9. The monoisotopic (exact) mass is 509 g/mol. The lowest BCUT2D eigenvalue weighted by atomic mass is 10.1. The van der Waals surface area contributed by atoms with E-state index in [0.29, 0.717) is 0 Å². The maximum atomic E-state index is 13.9. The van der Waals surface area contributed by atoms with Crippen molar-refractivity contribution in [2.75, 3.05) is 34.4 Å². The first-order chi connectivity index (χ1) is 12.8. The Kier molecular flexibility index (Phi) is 10.8. The third-order valence-electron chi connectivity index (χ3n) is 3.96. The van der Waals surface area contributed by atoms with Crippen molar-refractivity contribution in [1.29, 1.82) is 0 Å². The predicted octanol–water partition coefficient (Wildman–Crippen LogP) is 3.48. The molecule has 6 nitrogen and oxygen atoms in total. The molecule has 0 unspecified atom stereocenters. The maximum Gasteiger partial charge on any atom is 0.500 e. The fourth-order valence-corrected chi connectivity index (χ4v) is 5.35. The fourth-order valence-electron chi connectivity index (χ4n) is 2.16. The lowest BCUT2D eigenvalue weighted by Crippen LogP contribution is -2.65. The Labute approximate surface area is 167 Å². The number of nitrogens with zero attached hydrogens (tertiary/aromatic N) is 1. The summed E-state index contributed by atoms with van der Waals surface area (Å²) >= 11 is 0. The van der Waals surface area contributed by atoms with E-state index in [4.69, 9.17) is 13.3 Å². The van der Waals surface area contributed by atoms with Gasteiger partial charge in [0.25, 0.3) is 10.0 Å². The molecule has 0 amide bonds. The molecule has 0 radical (unpaired) electrons. The highest BCUT2D eigenvalue weighted by Crippen LogP contribution is 2.55. The SMILES string of the molecule is CCN(CCC[Si](OC)(OC)OC)S(=O)(=O)C(F)(F)C(F)(F)C(F)(F)C(F)(F)F.F. The molecule has 0 saturated heterocycles. The van der Waals surface area contributed by atoms with Crippen LogP contribution in [0.4, 0.5) is 44.2 Å². The van der Waals surface area contributed by atoms with E-state index in [0.717, 1.165) is 6.92 Å². The van der Waals surface area contributed by atoms with E-state index in [1.54, 1.807) is 0 Å². The summed E-state index contributed by atoms with van der Waals surface area (Å²) in [5.41, 5.74) is 0. The first-order valence-electron chi connectivity index (χ1n) is 7.70. The molecular formula is C12H21F10NO5SSi. The van der Waals surface area contributed by atoms with Crippen molar-refractivity contribution in [2.45, 2.75) is 42.7 Å². The van der Waals surface area contributed by atoms with Crippen molar-refractivity contribution in [2.24, 2.45) is 0 Å². The molecule has 0 heterocycles. The van der Waals surface area contributed by atoms with E-state index in [1.165, 1.54) is 21.3 Å². The Bertz CT molecular complexity index is 634. The van der Waals surface area contributed by atoms with E-state index in [9.17, 15) is 47.9 Å². The minimum Gasteiger partial charge on any atom is -0.377 e. The third-order valence-corrected chi connectivity index (χ3v) is 8.81. The summed E-state index contributed by atoms with van der Waals surface area (Å²) in [6.07, 6.45) is -7.49. The summed E-state index contributed by atoms with van der Waals surface area (Å²) in [5.74, 6) is -14.6. The van der Waals surface area contributed by atoms with Crippen molar-refractivity contribution >= 4 is 18.8 Å². The number of hydrogen-bond donors (Lipinski definition) is 0. The molecule has 0 aliphatic carbocycles. The van der Waals surface area contributed by atoms with Crippen LogP contribution in [0.1, 0.15) is 13.3 Å². The molecule has 30 heavy (non-hydrogen) atoms. The van der Waals surface area contributed by atoms with Gasteiger partial charge in [-0.3, -0.25) is 4.70 Å². The second kappa shape index (κ2) is 10.3. The van der Waals surface area contributed by atoms with Crippen LogP contribution in [0.3, 0.4) is 0 Å². The standard InChI is InChI=1S/C12H20F9NO5SSi.FH/c1-5-22(7-6-8-29(25-2,26-3)27-4)28(23,24)12(20,21)10(15,16)9(13,14)11(17,18)19;/h5-8H2,1-4H3;1H. The van der Waals surface area contributed by atoms with Crippen molar-refractivity contribution in [1.82, 2.24) is 4.31 Å². The smallest absolute Gasteiger partial charge is 0.377 e. The first kappa shape index (κ1) is 31.5. The highest BCUT2D eigenvalue weighted by molar-refractivity contribution is 7.90. The summed E-state index contributed by atoms with van der Waals surface area (Å²) in [6.45, 7) is -0.929. The maximum absolute atomic E-state index is 13.9. The Morgan fingerprint density at radius 1 is 0.833 bits per heavy atom. The van der Waals surface area contributed by atoms with Gasteiger partial charge in [-0.05, 0) is 6.42 Å². The molecule has 18 heteroatoms. The van der Waals surface area contributed by atoms with Gasteiger partial charge >= 0.3 is 32.1 Å². The molecule has 0 fully saturated rings. The highest BCUT2D eigenvalue weighted by atomic mass is 32.2. The summed E-state index contributed by atoms with van der Waals surface area (Å²) < 4.78 is 155. The normalized spacial score (nSPS) is 14.7. The quantitative estimate of drug-likeness (QED) is 0.298. The van der Waals surface area contributed by atoms with Crippen LogP contribution in [0, 0.1) is 0 Å². The number of halogens is 10. The van der Waals surface area contributed by atoms with Gasteiger partial charge in [-0.1, -0.05) is 6.92 Å². The first-order valence-corrected chi connectivity index (χ1v) is 11.1. The topological polar surface area (TPSA) is 65.1 Å². The van der Waals surface area contributed by atoms with Crippen molar-refractivity contribution in [3.05, 3.63) is 0 Å². The molecule has 0 aliphatic rings. The van der Waals surface area contributed by atoms with Crippen LogP contribution in [0.15, 0.2) is 0 Å². The minimum atomic E-state index is -7.31. The van der Waals surface area contributed by atoms with Crippen LogP contribution in [0.5, 0.6) is 0 Å². The zero-order chi connectivity index (χ0) is 23.5. The van der Waals surface area contributed by atoms with Crippen molar-refractivity contribution in [3.63, 3.8) is 0 Å². The molecule has 0 saturated carbocycles. The predicted molar refractivity (Wildman–Crippen MR) is 85.8 cm³/mol. The van der Waals surface area contributed by atoms with Gasteiger partial charge in [0.15, 0.2) is 0 Å². The van der Waals surface area contributed by atoms with Gasteiger partial charge in [0.1, 0.15) is 0 Å². The minimum absolute atomic E-state index is 0. The van der Waals surface area contributed by atoms with Gasteiger partial charge < -0.3 is 13.3 Å². The van der Waals surface area contributed by atoms with Gasteiger partial charge in [0.2, 0.25) is 0 Å². The van der Waals surface area contributed by atoms with Crippen LogP contribution >= 0.6 is 0 Å². The molecule has 0 aromatic heterocycles. The molecular weight excluding hydrogens is 488 g/mol. The third kappa shape index (κ3) is 5.37. The number of hydrogen-bond acceptors (Lipinski definition) is 5. The van der Waals surface area contributed by atoms with Crippen molar-refractivity contribution in [3.8, 4) is 0 Å². The average molecular weight is 509 g/mol.